The van der Waals surface area contributed by atoms with Gasteiger partial charge in [0.15, 0.2) is 5.82 Å². The summed E-state index contributed by atoms with van der Waals surface area (Å²) in [5.74, 6) is 0.159. The maximum absolute atomic E-state index is 12.3. The molecular weight excluding hydrogens is 348 g/mol. The molecule has 8 heteroatoms. The van der Waals surface area contributed by atoms with Crippen LogP contribution in [-0.4, -0.2) is 28.6 Å². The van der Waals surface area contributed by atoms with Crippen LogP contribution in [0.15, 0.2) is 53.2 Å². The molecule has 0 saturated carbocycles. The van der Waals surface area contributed by atoms with E-state index in [1.165, 1.54) is 6.20 Å². The molecule has 3 aromatic rings. The van der Waals surface area contributed by atoms with Crippen molar-refractivity contribution in [2.45, 2.75) is 13.8 Å². The quantitative estimate of drug-likeness (QED) is 0.643. The third-order valence-electron chi connectivity index (χ3n) is 3.55. The van der Waals surface area contributed by atoms with Crippen molar-refractivity contribution in [3.8, 4) is 0 Å². The van der Waals surface area contributed by atoms with Gasteiger partial charge in [-0.15, -0.1) is 0 Å². The number of pyridine rings is 1. The third kappa shape index (κ3) is 4.69. The highest BCUT2D eigenvalue weighted by Crippen LogP contribution is 2.18. The second kappa shape index (κ2) is 8.13. The molecular formula is C19H18N4O4. The lowest BCUT2D eigenvalue weighted by Crippen LogP contribution is -2.14. The van der Waals surface area contributed by atoms with E-state index in [2.05, 4.69) is 20.8 Å². The summed E-state index contributed by atoms with van der Waals surface area (Å²) in [5.41, 5.74) is 2.13. The van der Waals surface area contributed by atoms with Gasteiger partial charge in [-0.2, -0.15) is 0 Å². The Balaban J connectivity index is 1.68. The highest BCUT2D eigenvalue weighted by molar-refractivity contribution is 6.02. The lowest BCUT2D eigenvalue weighted by atomic mass is 10.2. The van der Waals surface area contributed by atoms with Crippen molar-refractivity contribution < 1.29 is 18.8 Å². The summed E-state index contributed by atoms with van der Waals surface area (Å²) >= 11 is 0. The van der Waals surface area contributed by atoms with E-state index in [4.69, 9.17) is 9.26 Å². The first-order valence-corrected chi connectivity index (χ1v) is 8.30. The zero-order valence-corrected chi connectivity index (χ0v) is 14.9. The minimum absolute atomic E-state index is 0.226. The predicted molar refractivity (Wildman–Crippen MR) is 99.1 cm³/mol. The Bertz CT molecular complexity index is 950. The van der Waals surface area contributed by atoms with Crippen LogP contribution in [0.5, 0.6) is 0 Å². The fraction of sp³-hybridized carbons (Fsp3) is 0.158. The number of amides is 1. The van der Waals surface area contributed by atoms with Crippen LogP contribution < -0.4 is 10.6 Å². The molecule has 0 saturated heterocycles. The number of anilines is 3. The van der Waals surface area contributed by atoms with E-state index in [-0.39, 0.29) is 11.7 Å². The molecule has 3 rings (SSSR count). The zero-order valence-electron chi connectivity index (χ0n) is 14.9. The van der Waals surface area contributed by atoms with E-state index in [9.17, 15) is 9.59 Å². The number of carbonyl (C=O) groups excluding carboxylic acids is 2. The minimum atomic E-state index is -0.399. The molecule has 27 heavy (non-hydrogen) atoms. The lowest BCUT2D eigenvalue weighted by molar-refractivity contribution is 0.0526. The van der Waals surface area contributed by atoms with Crippen molar-refractivity contribution in [2.75, 3.05) is 17.2 Å². The van der Waals surface area contributed by atoms with Crippen LogP contribution in [-0.2, 0) is 4.74 Å². The summed E-state index contributed by atoms with van der Waals surface area (Å²) in [6, 6.07) is 11.8. The van der Waals surface area contributed by atoms with E-state index >= 15 is 0 Å². The van der Waals surface area contributed by atoms with Gasteiger partial charge in [0, 0.05) is 23.6 Å². The van der Waals surface area contributed by atoms with Gasteiger partial charge >= 0.3 is 5.97 Å². The van der Waals surface area contributed by atoms with E-state index in [1.807, 2.05) is 0 Å². The highest BCUT2D eigenvalue weighted by atomic mass is 16.5. The average Bonchev–Trinajstić information content (AvgIpc) is 3.07. The summed E-state index contributed by atoms with van der Waals surface area (Å²) < 4.78 is 9.87. The molecule has 1 amide bonds. The molecule has 0 radical (unpaired) electrons. The van der Waals surface area contributed by atoms with Gasteiger partial charge in [-0.25, -0.2) is 4.79 Å². The Hall–Kier alpha value is -3.68. The van der Waals surface area contributed by atoms with Crippen LogP contribution in [0, 0.1) is 6.92 Å². The maximum atomic E-state index is 12.3. The summed E-state index contributed by atoms with van der Waals surface area (Å²) in [5, 5.41) is 9.49. The predicted octanol–water partition coefficient (Wildman–Crippen LogP) is 3.55. The van der Waals surface area contributed by atoms with Crippen LogP contribution in [0.3, 0.4) is 0 Å². The molecule has 0 unspecified atom stereocenters. The number of carbonyl (C=O) groups is 2. The van der Waals surface area contributed by atoms with Crippen molar-refractivity contribution >= 4 is 29.1 Å². The van der Waals surface area contributed by atoms with E-state index in [0.29, 0.717) is 29.4 Å². The number of hydrogen-bond donors (Lipinski definition) is 2. The van der Waals surface area contributed by atoms with Crippen molar-refractivity contribution in [2.24, 2.45) is 0 Å². The number of esters is 1. The van der Waals surface area contributed by atoms with Crippen molar-refractivity contribution in [1.29, 1.82) is 0 Å². The number of nitrogens with zero attached hydrogens (tertiary/aromatic N) is 2. The molecule has 2 N–H and O–H groups in total. The molecule has 0 spiro atoms. The molecule has 0 aliphatic rings. The highest BCUT2D eigenvalue weighted by Gasteiger charge is 2.11. The Morgan fingerprint density at radius 3 is 2.56 bits per heavy atom. The van der Waals surface area contributed by atoms with Crippen LogP contribution in [0.1, 0.15) is 33.5 Å². The fourth-order valence-corrected chi connectivity index (χ4v) is 2.31. The third-order valence-corrected chi connectivity index (χ3v) is 3.55. The zero-order chi connectivity index (χ0) is 19.2. The van der Waals surface area contributed by atoms with Crippen LogP contribution in [0.2, 0.25) is 0 Å². The molecule has 0 atom stereocenters. The largest absolute Gasteiger partial charge is 0.462 e. The maximum Gasteiger partial charge on any atom is 0.338 e. The van der Waals surface area contributed by atoms with Crippen LogP contribution in [0.4, 0.5) is 17.2 Å². The van der Waals surface area contributed by atoms with Gasteiger partial charge in [-0.1, -0.05) is 5.16 Å². The first-order chi connectivity index (χ1) is 13.0. The van der Waals surface area contributed by atoms with Crippen molar-refractivity contribution in [3.63, 3.8) is 0 Å². The topological polar surface area (TPSA) is 106 Å². The monoisotopic (exact) mass is 366 g/mol. The molecule has 0 aliphatic heterocycles. The fourth-order valence-electron chi connectivity index (χ4n) is 2.31. The van der Waals surface area contributed by atoms with Gasteiger partial charge in [-0.3, -0.25) is 9.78 Å². The van der Waals surface area contributed by atoms with Gasteiger partial charge < -0.3 is 19.9 Å². The van der Waals surface area contributed by atoms with Crippen LogP contribution >= 0.6 is 0 Å². The molecule has 0 bridgehead atoms. The normalized spacial score (nSPS) is 10.3. The number of nitrogens with one attached hydrogen (secondary N) is 2. The molecule has 1 aromatic carbocycles. The molecule has 0 fully saturated rings. The van der Waals surface area contributed by atoms with E-state index < -0.39 is 5.91 Å². The van der Waals surface area contributed by atoms with Crippen molar-refractivity contribution in [1.82, 2.24) is 10.1 Å². The summed E-state index contributed by atoms with van der Waals surface area (Å²) in [6.45, 7) is 3.82. The van der Waals surface area contributed by atoms with Gasteiger partial charge in [0.05, 0.1) is 12.2 Å². The number of rotatable bonds is 6. The summed E-state index contributed by atoms with van der Waals surface area (Å²) in [6.07, 6.45) is 1.53. The summed E-state index contributed by atoms with van der Waals surface area (Å²) in [7, 11) is 0. The lowest BCUT2D eigenvalue weighted by Gasteiger charge is -2.08. The van der Waals surface area contributed by atoms with Crippen LogP contribution in [0.25, 0.3) is 0 Å². The Labute approximate surface area is 155 Å². The standard InChI is InChI=1S/C19H18N4O4/c1-3-26-19(25)13-4-6-14(7-5-13)21-15-8-9-20-16(11-15)18(24)22-17-10-12(2)27-23-17/h4-11H,3H2,1-2H3,(H,20,21)(H,22,23,24). The Morgan fingerprint density at radius 2 is 1.89 bits per heavy atom. The van der Waals surface area contributed by atoms with Gasteiger partial charge in [0.25, 0.3) is 5.91 Å². The Morgan fingerprint density at radius 1 is 1.11 bits per heavy atom. The van der Waals surface area contributed by atoms with Gasteiger partial charge in [0.1, 0.15) is 11.5 Å². The SMILES string of the molecule is CCOC(=O)c1ccc(Nc2ccnc(C(=O)Nc3cc(C)on3)c2)cc1. The second-order valence-corrected chi connectivity index (χ2v) is 5.63. The van der Waals surface area contributed by atoms with E-state index in [0.717, 1.165) is 5.69 Å². The molecule has 2 aromatic heterocycles. The number of aryl methyl sites for hydroxylation is 1. The van der Waals surface area contributed by atoms with Gasteiger partial charge in [0.2, 0.25) is 0 Å². The number of ether oxygens (including phenoxy) is 1. The summed E-state index contributed by atoms with van der Waals surface area (Å²) in [4.78, 5) is 28.0. The average molecular weight is 366 g/mol. The molecule has 138 valence electrons. The van der Waals surface area contributed by atoms with Crippen molar-refractivity contribution in [3.05, 3.63) is 65.7 Å². The Kier molecular flexibility index (Phi) is 5.46. The van der Waals surface area contributed by atoms with Gasteiger partial charge in [-0.05, 0) is 50.2 Å². The number of aromatic nitrogens is 2. The molecule has 8 nitrogen and oxygen atoms in total. The van der Waals surface area contributed by atoms with E-state index in [1.54, 1.807) is 56.3 Å². The second-order valence-electron chi connectivity index (χ2n) is 5.63. The number of hydrogen-bond acceptors (Lipinski definition) is 7. The number of benzene rings is 1. The molecule has 2 heterocycles. The minimum Gasteiger partial charge on any atom is -0.462 e. The first-order valence-electron chi connectivity index (χ1n) is 8.30. The smallest absolute Gasteiger partial charge is 0.338 e. The first kappa shape index (κ1) is 18.1. The molecule has 0 aliphatic carbocycles.